The van der Waals surface area contributed by atoms with Crippen LogP contribution in [0.25, 0.3) is 0 Å². The van der Waals surface area contributed by atoms with Crippen molar-refractivity contribution in [2.75, 3.05) is 24.2 Å². The number of amides is 2. The number of rotatable bonds is 14. The molecular formula is C31H39N3O6S. The number of methoxy groups -OCH3 is 1. The largest absolute Gasteiger partial charge is 0.497 e. The highest BCUT2D eigenvalue weighted by molar-refractivity contribution is 7.92. The molecule has 3 aromatic carbocycles. The van der Waals surface area contributed by atoms with Crippen LogP contribution in [0.1, 0.15) is 39.2 Å². The molecule has 1 N–H and O–H groups in total. The van der Waals surface area contributed by atoms with Gasteiger partial charge in [-0.15, -0.1) is 0 Å². The van der Waals surface area contributed by atoms with Crippen LogP contribution in [-0.4, -0.2) is 57.1 Å². The van der Waals surface area contributed by atoms with Crippen LogP contribution in [0.3, 0.4) is 0 Å². The lowest BCUT2D eigenvalue weighted by Crippen LogP contribution is -2.53. The fourth-order valence-corrected chi connectivity index (χ4v) is 5.10. The van der Waals surface area contributed by atoms with Gasteiger partial charge >= 0.3 is 0 Å². The monoisotopic (exact) mass is 581 g/mol. The van der Waals surface area contributed by atoms with E-state index in [4.69, 9.17) is 9.47 Å². The highest BCUT2D eigenvalue weighted by atomic mass is 32.2. The molecular weight excluding hydrogens is 542 g/mol. The highest BCUT2D eigenvalue weighted by Crippen LogP contribution is 2.26. The zero-order valence-corrected chi connectivity index (χ0v) is 25.1. The molecule has 9 nitrogen and oxygen atoms in total. The minimum absolute atomic E-state index is 0.0746. The molecule has 220 valence electrons. The Labute approximate surface area is 243 Å². The Balaban J connectivity index is 1.91. The predicted octanol–water partition coefficient (Wildman–Crippen LogP) is 4.98. The molecule has 0 aliphatic heterocycles. The van der Waals surface area contributed by atoms with Gasteiger partial charge < -0.3 is 19.7 Å². The number of nitrogens with zero attached hydrogens (tertiary/aromatic N) is 2. The predicted molar refractivity (Wildman–Crippen MR) is 161 cm³/mol. The third-order valence-corrected chi connectivity index (χ3v) is 7.80. The molecule has 0 aliphatic rings. The molecule has 0 spiro atoms. The summed E-state index contributed by atoms with van der Waals surface area (Å²) in [5.74, 6) is 0.986. The fourth-order valence-electron chi connectivity index (χ4n) is 4.25. The van der Waals surface area contributed by atoms with E-state index in [1.54, 1.807) is 49.6 Å². The van der Waals surface area contributed by atoms with Crippen LogP contribution < -0.4 is 19.1 Å². The molecule has 3 rings (SSSR count). The number of nitrogens with one attached hydrogen (secondary N) is 1. The molecule has 0 bridgehead atoms. The molecule has 3 aromatic rings. The normalized spacial score (nSPS) is 12.6. The van der Waals surface area contributed by atoms with Crippen molar-refractivity contribution in [2.24, 2.45) is 0 Å². The molecule has 0 heterocycles. The lowest BCUT2D eigenvalue weighted by atomic mass is 10.1. The first kappa shape index (κ1) is 31.5. The van der Waals surface area contributed by atoms with Crippen LogP contribution in [0, 0.1) is 0 Å². The van der Waals surface area contributed by atoms with Crippen LogP contribution in [0.2, 0.25) is 0 Å². The van der Waals surface area contributed by atoms with Crippen molar-refractivity contribution in [1.29, 1.82) is 0 Å². The Morgan fingerprint density at radius 3 is 2.10 bits per heavy atom. The molecule has 0 fully saturated rings. The number of anilines is 1. The van der Waals surface area contributed by atoms with Crippen molar-refractivity contribution in [3.05, 3.63) is 84.4 Å². The van der Waals surface area contributed by atoms with Gasteiger partial charge in [0.25, 0.3) is 0 Å². The van der Waals surface area contributed by atoms with E-state index in [2.05, 4.69) is 5.32 Å². The van der Waals surface area contributed by atoms with Crippen LogP contribution in [0.5, 0.6) is 17.2 Å². The summed E-state index contributed by atoms with van der Waals surface area (Å²) in [7, 11) is -2.30. The summed E-state index contributed by atoms with van der Waals surface area (Å²) in [6, 6.07) is 22.0. The fraction of sp³-hybridized carbons (Fsp3) is 0.355. The van der Waals surface area contributed by atoms with E-state index in [1.165, 1.54) is 4.90 Å². The van der Waals surface area contributed by atoms with E-state index in [0.29, 0.717) is 29.4 Å². The summed E-state index contributed by atoms with van der Waals surface area (Å²) in [6.45, 7) is 5.31. The van der Waals surface area contributed by atoms with Crippen molar-refractivity contribution in [2.45, 2.75) is 52.2 Å². The third-order valence-electron chi connectivity index (χ3n) is 6.66. The summed E-state index contributed by atoms with van der Waals surface area (Å²) in [4.78, 5) is 28.6. The summed E-state index contributed by atoms with van der Waals surface area (Å²) in [5, 5.41) is 2.96. The second-order valence-electron chi connectivity index (χ2n) is 9.79. The Morgan fingerprint density at radius 2 is 1.51 bits per heavy atom. The van der Waals surface area contributed by atoms with E-state index in [9.17, 15) is 18.0 Å². The van der Waals surface area contributed by atoms with E-state index >= 15 is 0 Å². The van der Waals surface area contributed by atoms with Gasteiger partial charge in [0.05, 0.1) is 19.1 Å². The van der Waals surface area contributed by atoms with Gasteiger partial charge in [-0.25, -0.2) is 8.42 Å². The first-order valence-corrected chi connectivity index (χ1v) is 15.4. The molecule has 0 unspecified atom stereocenters. The molecule has 2 amide bonds. The van der Waals surface area contributed by atoms with Crippen molar-refractivity contribution in [1.82, 2.24) is 10.2 Å². The standard InChI is InChI=1S/C31H39N3O6S/c1-6-23(3)32-31(36)29(7-2)33(21-24-12-11-15-28(20-24)39-4)30(35)22-34(41(5,37)38)25-16-18-27(19-17-25)40-26-13-9-8-10-14-26/h8-20,23,29H,6-7,21-22H2,1-5H3,(H,32,36)/t23-,29-/m1/s1. The first-order chi connectivity index (χ1) is 19.5. The first-order valence-electron chi connectivity index (χ1n) is 13.6. The maximum absolute atomic E-state index is 13.9. The summed E-state index contributed by atoms with van der Waals surface area (Å²) in [6.07, 6.45) is 2.13. The van der Waals surface area contributed by atoms with Gasteiger partial charge in [0.2, 0.25) is 21.8 Å². The van der Waals surface area contributed by atoms with E-state index in [0.717, 1.165) is 22.5 Å². The number of carbonyl (C=O) groups excluding carboxylic acids is 2. The molecule has 2 atom stereocenters. The minimum atomic E-state index is -3.85. The quantitative estimate of drug-likeness (QED) is 0.288. The van der Waals surface area contributed by atoms with Crippen molar-refractivity contribution < 1.29 is 27.5 Å². The lowest BCUT2D eigenvalue weighted by molar-refractivity contribution is -0.140. The lowest BCUT2D eigenvalue weighted by Gasteiger charge is -2.33. The number of carbonyl (C=O) groups is 2. The van der Waals surface area contributed by atoms with Crippen LogP contribution in [0.15, 0.2) is 78.9 Å². The average Bonchev–Trinajstić information content (AvgIpc) is 2.96. The number of benzene rings is 3. The molecule has 41 heavy (non-hydrogen) atoms. The van der Waals surface area contributed by atoms with Gasteiger partial charge in [0, 0.05) is 12.6 Å². The molecule has 0 aromatic heterocycles. The van der Waals surface area contributed by atoms with Crippen molar-refractivity contribution >= 4 is 27.5 Å². The Bertz CT molecular complexity index is 1400. The van der Waals surface area contributed by atoms with Gasteiger partial charge in [-0.3, -0.25) is 13.9 Å². The van der Waals surface area contributed by atoms with Crippen LogP contribution in [-0.2, 0) is 26.2 Å². The number of para-hydroxylation sites is 1. The topological polar surface area (TPSA) is 105 Å². The maximum Gasteiger partial charge on any atom is 0.244 e. The van der Waals surface area contributed by atoms with Crippen molar-refractivity contribution in [3.63, 3.8) is 0 Å². The van der Waals surface area contributed by atoms with Gasteiger partial charge in [-0.05, 0) is 73.9 Å². The maximum atomic E-state index is 13.9. The molecule has 0 saturated carbocycles. The van der Waals surface area contributed by atoms with Gasteiger partial charge in [0.1, 0.15) is 29.8 Å². The van der Waals surface area contributed by atoms with Crippen molar-refractivity contribution in [3.8, 4) is 17.2 Å². The second-order valence-corrected chi connectivity index (χ2v) is 11.7. The van der Waals surface area contributed by atoms with Gasteiger partial charge in [-0.1, -0.05) is 44.2 Å². The smallest absolute Gasteiger partial charge is 0.244 e. The Morgan fingerprint density at radius 1 is 0.878 bits per heavy atom. The molecule has 0 radical (unpaired) electrons. The SMILES string of the molecule is CC[C@@H](C)NC(=O)[C@@H](CC)N(Cc1cccc(OC)c1)C(=O)CN(c1ccc(Oc2ccccc2)cc1)S(C)(=O)=O. The number of hydrogen-bond donors (Lipinski definition) is 1. The summed E-state index contributed by atoms with van der Waals surface area (Å²) < 4.78 is 38.0. The van der Waals surface area contributed by atoms with E-state index in [-0.39, 0.29) is 18.5 Å². The summed E-state index contributed by atoms with van der Waals surface area (Å²) in [5.41, 5.74) is 1.06. The Hall–Kier alpha value is -4.05. The van der Waals surface area contributed by atoms with Gasteiger partial charge in [-0.2, -0.15) is 0 Å². The van der Waals surface area contributed by atoms with Crippen LogP contribution in [0.4, 0.5) is 5.69 Å². The van der Waals surface area contributed by atoms with Gasteiger partial charge in [0.15, 0.2) is 0 Å². The summed E-state index contributed by atoms with van der Waals surface area (Å²) >= 11 is 0. The van der Waals surface area contributed by atoms with E-state index in [1.807, 2.05) is 57.2 Å². The van der Waals surface area contributed by atoms with E-state index < -0.39 is 28.5 Å². The number of sulfonamides is 1. The molecule has 0 aliphatic carbocycles. The molecule has 10 heteroatoms. The molecule has 0 saturated heterocycles. The van der Waals surface area contributed by atoms with Crippen LogP contribution >= 0.6 is 0 Å². The highest BCUT2D eigenvalue weighted by Gasteiger charge is 2.32. The third kappa shape index (κ3) is 8.97. The zero-order chi connectivity index (χ0) is 30.0. The minimum Gasteiger partial charge on any atom is -0.497 e. The average molecular weight is 582 g/mol. The number of ether oxygens (including phenoxy) is 2. The zero-order valence-electron chi connectivity index (χ0n) is 24.2. The Kier molecular flexibility index (Phi) is 11.2. The number of hydrogen-bond acceptors (Lipinski definition) is 6. The second kappa shape index (κ2) is 14.5.